The lowest BCUT2D eigenvalue weighted by molar-refractivity contribution is -0.0680. The summed E-state index contributed by atoms with van der Waals surface area (Å²) in [5, 5.41) is 22.9. The summed E-state index contributed by atoms with van der Waals surface area (Å²) >= 11 is 0. The molecule has 3 aliphatic rings. The highest BCUT2D eigenvalue weighted by Gasteiger charge is 2.52. The van der Waals surface area contributed by atoms with Gasteiger partial charge in [-0.2, -0.15) is 4.31 Å². The number of aliphatic hydroxyl groups excluding tert-OH is 2. The Morgan fingerprint density at radius 3 is 2.59 bits per heavy atom. The molecule has 37 heavy (non-hydrogen) atoms. The number of aliphatic imine (C=N–C) groups is 3. The third-order valence-electron chi connectivity index (χ3n) is 6.12. The summed E-state index contributed by atoms with van der Waals surface area (Å²) in [6.07, 6.45) is -4.43. The monoisotopic (exact) mass is 555 g/mol. The largest absolute Gasteiger partial charge is 0.481 e. The summed E-state index contributed by atoms with van der Waals surface area (Å²) in [5.41, 5.74) is 6.37. The van der Waals surface area contributed by atoms with Gasteiger partial charge in [-0.3, -0.25) is 15.2 Å². The quantitative estimate of drug-likeness (QED) is 0.244. The van der Waals surface area contributed by atoms with E-state index in [0.29, 0.717) is 11.3 Å². The van der Waals surface area contributed by atoms with E-state index in [9.17, 15) is 24.2 Å². The molecule has 0 aromatic heterocycles. The first-order valence-electron chi connectivity index (χ1n) is 10.9. The van der Waals surface area contributed by atoms with Gasteiger partial charge in [0.25, 0.3) is 0 Å². The number of phosphoric ester groups is 1. The Morgan fingerprint density at radius 2 is 1.84 bits per heavy atom. The SMILES string of the molecule is NC1(c2cccc3ccccc23)N=CN=C2C1=NCN2[C@@H]1O[C@H](COP(=O)(O)OP(=O)(O)O)[C@@H](O)[C@H]1O. The average molecular weight is 555 g/mol. The molecule has 0 spiro atoms. The molecule has 0 bridgehead atoms. The number of hydrogen-bond acceptors (Lipinski definition) is 12. The van der Waals surface area contributed by atoms with Crippen molar-refractivity contribution in [2.45, 2.75) is 30.2 Å². The van der Waals surface area contributed by atoms with Gasteiger partial charge < -0.3 is 34.5 Å². The Bertz CT molecular complexity index is 1410. The first-order valence-corrected chi connectivity index (χ1v) is 13.9. The molecule has 6 atom stereocenters. The lowest BCUT2D eigenvalue weighted by Crippen LogP contribution is -2.53. The molecule has 1 saturated heterocycles. The van der Waals surface area contributed by atoms with Crippen LogP contribution < -0.4 is 5.73 Å². The van der Waals surface area contributed by atoms with Gasteiger partial charge >= 0.3 is 15.6 Å². The van der Waals surface area contributed by atoms with Crippen LogP contribution in [0.5, 0.6) is 0 Å². The number of rotatable bonds is 7. The maximum Gasteiger partial charge on any atom is 0.481 e. The molecule has 5 rings (SSSR count). The molecular weight excluding hydrogens is 532 g/mol. The van der Waals surface area contributed by atoms with Crippen LogP contribution in [0.25, 0.3) is 10.8 Å². The van der Waals surface area contributed by atoms with Gasteiger partial charge in [-0.05, 0) is 10.8 Å². The zero-order chi connectivity index (χ0) is 26.6. The van der Waals surface area contributed by atoms with Crippen LogP contribution >= 0.6 is 15.6 Å². The topological polar surface area (TPSA) is 229 Å². The zero-order valence-corrected chi connectivity index (χ0v) is 20.7. The first-order chi connectivity index (χ1) is 17.4. The van der Waals surface area contributed by atoms with E-state index in [1.54, 1.807) is 0 Å². The summed E-state index contributed by atoms with van der Waals surface area (Å²) in [6, 6.07) is 13.2. The predicted molar refractivity (Wildman–Crippen MR) is 129 cm³/mol. The number of ether oxygens (including phenoxy) is 1. The van der Waals surface area contributed by atoms with Gasteiger partial charge in [0, 0.05) is 5.56 Å². The van der Waals surface area contributed by atoms with Crippen LogP contribution in [-0.4, -0.2) is 85.5 Å². The maximum absolute atomic E-state index is 11.7. The molecule has 0 radical (unpaired) electrons. The van der Waals surface area contributed by atoms with E-state index >= 15 is 0 Å². The number of nitrogens with two attached hydrogens (primary N) is 1. The molecule has 0 amide bonds. The second kappa shape index (κ2) is 9.42. The number of fused-ring (bicyclic) bond motifs is 2. The number of phosphoric acid groups is 2. The van der Waals surface area contributed by atoms with Crippen molar-refractivity contribution in [2.75, 3.05) is 13.3 Å². The second-order valence-electron chi connectivity index (χ2n) is 8.49. The normalized spacial score (nSPS) is 31.2. The van der Waals surface area contributed by atoms with Crippen molar-refractivity contribution in [3.8, 4) is 0 Å². The maximum atomic E-state index is 11.7. The fraction of sp³-hybridized carbons (Fsp3) is 0.350. The van der Waals surface area contributed by atoms with E-state index in [4.69, 9.17) is 20.3 Å². The minimum atomic E-state index is -5.33. The first kappa shape index (κ1) is 26.2. The summed E-state index contributed by atoms with van der Waals surface area (Å²) in [5.74, 6) is 0.251. The molecule has 7 N–H and O–H groups in total. The van der Waals surface area contributed by atoms with Gasteiger partial charge in [0.15, 0.2) is 17.7 Å². The summed E-state index contributed by atoms with van der Waals surface area (Å²) in [6.45, 7) is -0.877. The van der Waals surface area contributed by atoms with E-state index < -0.39 is 52.5 Å². The molecule has 2 unspecified atom stereocenters. The lowest BCUT2D eigenvalue weighted by Gasteiger charge is -2.33. The number of aliphatic hydroxyl groups is 2. The summed E-state index contributed by atoms with van der Waals surface area (Å²) in [4.78, 5) is 41.6. The lowest BCUT2D eigenvalue weighted by atomic mass is 9.89. The molecule has 2 aromatic carbocycles. The average Bonchev–Trinajstić information content (AvgIpc) is 3.38. The van der Waals surface area contributed by atoms with E-state index in [1.165, 1.54) is 11.2 Å². The minimum Gasteiger partial charge on any atom is -0.387 e. The highest BCUT2D eigenvalue weighted by molar-refractivity contribution is 7.60. The van der Waals surface area contributed by atoms with E-state index in [0.717, 1.165) is 10.8 Å². The Balaban J connectivity index is 1.35. The fourth-order valence-corrected chi connectivity index (χ4v) is 6.09. The molecule has 198 valence electrons. The third-order valence-corrected chi connectivity index (χ3v) is 8.28. The van der Waals surface area contributed by atoms with Crippen molar-refractivity contribution in [1.82, 2.24) is 4.90 Å². The number of benzene rings is 2. The predicted octanol–water partition coefficient (Wildman–Crippen LogP) is -0.221. The van der Waals surface area contributed by atoms with Gasteiger partial charge in [-0.1, -0.05) is 42.5 Å². The molecule has 3 aliphatic heterocycles. The summed E-state index contributed by atoms with van der Waals surface area (Å²) in [7, 11) is -10.5. The van der Waals surface area contributed by atoms with Gasteiger partial charge in [0.05, 0.1) is 6.61 Å². The highest BCUT2D eigenvalue weighted by Crippen LogP contribution is 2.57. The van der Waals surface area contributed by atoms with Gasteiger partial charge in [0.1, 0.15) is 37.0 Å². The van der Waals surface area contributed by atoms with Crippen molar-refractivity contribution in [3.05, 3.63) is 48.0 Å². The highest BCUT2D eigenvalue weighted by atomic mass is 31.3. The van der Waals surface area contributed by atoms with Crippen molar-refractivity contribution in [1.29, 1.82) is 0 Å². The smallest absolute Gasteiger partial charge is 0.387 e. The van der Waals surface area contributed by atoms with Crippen LogP contribution in [0, 0.1) is 0 Å². The van der Waals surface area contributed by atoms with Crippen molar-refractivity contribution < 1.29 is 47.6 Å². The van der Waals surface area contributed by atoms with Crippen LogP contribution in [0.3, 0.4) is 0 Å². The summed E-state index contributed by atoms with van der Waals surface area (Å²) < 4.78 is 36.5. The molecule has 1 fully saturated rings. The van der Waals surface area contributed by atoms with E-state index in [-0.39, 0.29) is 12.5 Å². The fourth-order valence-electron chi connectivity index (χ4n) is 4.49. The Labute approximate surface area is 209 Å². The van der Waals surface area contributed by atoms with E-state index in [2.05, 4.69) is 23.8 Å². The zero-order valence-electron chi connectivity index (χ0n) is 18.9. The van der Waals surface area contributed by atoms with Crippen molar-refractivity contribution in [3.63, 3.8) is 0 Å². The molecule has 15 nitrogen and oxygen atoms in total. The molecule has 0 saturated carbocycles. The van der Waals surface area contributed by atoms with Gasteiger partial charge in [0.2, 0.25) is 0 Å². The minimum absolute atomic E-state index is 0.0525. The Kier molecular flexibility index (Phi) is 6.67. The Hall–Kier alpha value is -2.39. The number of nitrogens with zero attached hydrogens (tertiary/aromatic N) is 4. The second-order valence-corrected chi connectivity index (χ2v) is 11.3. The van der Waals surface area contributed by atoms with Crippen molar-refractivity contribution >= 4 is 44.3 Å². The Morgan fingerprint density at radius 1 is 1.11 bits per heavy atom. The van der Waals surface area contributed by atoms with Crippen LogP contribution in [0.4, 0.5) is 0 Å². The standard InChI is InChI=1S/C20H23N5O10P2/c21-20(13-7-3-5-11-4-1-2-6-12(11)13)17-18(22-9-24-20)25(10-23-17)19-16(27)15(26)14(34-19)8-33-37(31,32)35-36(28,29)30/h1-7,9,14-16,19,26-27H,8,10,21H2,(H,31,32)(H2,28,29,30)/t14-,15-,16-,19-,20?/m1/s1. The van der Waals surface area contributed by atoms with Crippen LogP contribution in [-0.2, 0) is 28.4 Å². The van der Waals surface area contributed by atoms with Crippen molar-refractivity contribution in [2.24, 2.45) is 20.7 Å². The van der Waals surface area contributed by atoms with Crippen LogP contribution in [0.2, 0.25) is 0 Å². The molecule has 2 aromatic rings. The molecular formula is C20H23N5O10P2. The molecule has 17 heteroatoms. The number of amidine groups is 1. The van der Waals surface area contributed by atoms with Crippen LogP contribution in [0.15, 0.2) is 57.4 Å². The number of hydrogen-bond donors (Lipinski definition) is 6. The molecule has 3 heterocycles. The van der Waals surface area contributed by atoms with E-state index in [1.807, 2.05) is 42.5 Å². The van der Waals surface area contributed by atoms with Gasteiger partial charge in [-0.25, -0.2) is 19.1 Å². The molecule has 0 aliphatic carbocycles. The van der Waals surface area contributed by atoms with Crippen LogP contribution in [0.1, 0.15) is 5.56 Å². The van der Waals surface area contributed by atoms with Gasteiger partial charge in [-0.15, -0.1) is 0 Å². The third kappa shape index (κ3) is 4.92.